The molecule has 4 rings (SSSR count). The fourth-order valence-corrected chi connectivity index (χ4v) is 4.18. The number of allylic oxidation sites excluding steroid dienone is 2. The lowest BCUT2D eigenvalue weighted by atomic mass is 9.76. The first-order valence-corrected chi connectivity index (χ1v) is 8.42. The first-order valence-electron chi connectivity index (χ1n) is 8.42. The predicted molar refractivity (Wildman–Crippen MR) is 95.7 cm³/mol. The highest BCUT2D eigenvalue weighted by molar-refractivity contribution is 5.88. The van der Waals surface area contributed by atoms with Crippen LogP contribution in [-0.2, 0) is 0 Å². The number of carbonyl (C=O) groups is 1. The largest absolute Gasteiger partial charge is 0.478 e. The van der Waals surface area contributed by atoms with Crippen molar-refractivity contribution in [2.45, 2.75) is 32.2 Å². The van der Waals surface area contributed by atoms with E-state index in [0.717, 1.165) is 12.0 Å². The standard InChI is InChI=1S/C21H21NO2/c1-12-6-9-19-18(10-12)16-4-3-5-17(16)20(22-19)15-8-7-14(21(23)24)11-13(15)2/h3-4,6-11,16-17,20,22H,5H2,1-2H3,(H,23,24). The van der Waals surface area contributed by atoms with Gasteiger partial charge in [-0.3, -0.25) is 0 Å². The fourth-order valence-electron chi connectivity index (χ4n) is 4.18. The number of aromatic carboxylic acids is 1. The Morgan fingerprint density at radius 2 is 1.96 bits per heavy atom. The Hall–Kier alpha value is -2.55. The zero-order valence-electron chi connectivity index (χ0n) is 13.9. The minimum Gasteiger partial charge on any atom is -0.478 e. The van der Waals surface area contributed by atoms with E-state index in [2.05, 4.69) is 42.6 Å². The number of hydrogen-bond donors (Lipinski definition) is 2. The highest BCUT2D eigenvalue weighted by atomic mass is 16.4. The third kappa shape index (κ3) is 2.32. The van der Waals surface area contributed by atoms with Crippen molar-refractivity contribution in [1.29, 1.82) is 0 Å². The van der Waals surface area contributed by atoms with Crippen LogP contribution in [-0.4, -0.2) is 11.1 Å². The van der Waals surface area contributed by atoms with Gasteiger partial charge < -0.3 is 10.4 Å². The zero-order chi connectivity index (χ0) is 16.8. The summed E-state index contributed by atoms with van der Waals surface area (Å²) in [5.74, 6) is 0.0425. The number of nitrogens with one attached hydrogen (secondary N) is 1. The lowest BCUT2D eigenvalue weighted by Gasteiger charge is -2.38. The normalized spacial score (nSPS) is 24.2. The molecule has 3 unspecified atom stereocenters. The third-order valence-electron chi connectivity index (χ3n) is 5.37. The minimum absolute atomic E-state index is 0.211. The van der Waals surface area contributed by atoms with Crippen LogP contribution in [0.1, 0.15) is 51.0 Å². The predicted octanol–water partition coefficient (Wildman–Crippen LogP) is 4.83. The smallest absolute Gasteiger partial charge is 0.335 e. The molecular formula is C21H21NO2. The summed E-state index contributed by atoms with van der Waals surface area (Å²) in [5.41, 5.74) is 6.45. The third-order valence-corrected chi connectivity index (χ3v) is 5.37. The maximum atomic E-state index is 11.2. The Morgan fingerprint density at radius 3 is 2.71 bits per heavy atom. The van der Waals surface area contributed by atoms with Gasteiger partial charge in [0.15, 0.2) is 0 Å². The molecule has 0 bridgehead atoms. The van der Waals surface area contributed by atoms with Crippen LogP contribution in [0.2, 0.25) is 0 Å². The zero-order valence-corrected chi connectivity index (χ0v) is 13.9. The summed E-state index contributed by atoms with van der Waals surface area (Å²) in [5, 5.41) is 12.9. The summed E-state index contributed by atoms with van der Waals surface area (Å²) in [6, 6.07) is 12.3. The molecule has 0 saturated heterocycles. The van der Waals surface area contributed by atoms with Crippen LogP contribution in [0.15, 0.2) is 48.6 Å². The van der Waals surface area contributed by atoms with Gasteiger partial charge in [0.05, 0.1) is 11.6 Å². The van der Waals surface area contributed by atoms with Gasteiger partial charge in [-0.1, -0.05) is 35.9 Å². The van der Waals surface area contributed by atoms with E-state index in [9.17, 15) is 9.90 Å². The van der Waals surface area contributed by atoms with Crippen molar-refractivity contribution < 1.29 is 9.90 Å². The van der Waals surface area contributed by atoms with Crippen LogP contribution >= 0.6 is 0 Å². The highest BCUT2D eigenvalue weighted by Gasteiger charge is 2.38. The summed E-state index contributed by atoms with van der Waals surface area (Å²) >= 11 is 0. The fraction of sp³-hybridized carbons (Fsp3) is 0.286. The van der Waals surface area contributed by atoms with E-state index < -0.39 is 5.97 Å². The quantitative estimate of drug-likeness (QED) is 0.780. The lowest BCUT2D eigenvalue weighted by molar-refractivity contribution is 0.0696. The second-order valence-corrected chi connectivity index (χ2v) is 6.94. The molecule has 2 aromatic carbocycles. The molecular weight excluding hydrogens is 298 g/mol. The van der Waals surface area contributed by atoms with Crippen molar-refractivity contribution in [3.63, 3.8) is 0 Å². The van der Waals surface area contributed by atoms with E-state index in [1.807, 2.05) is 13.0 Å². The van der Waals surface area contributed by atoms with Crippen molar-refractivity contribution in [2.75, 3.05) is 5.32 Å². The Kier molecular flexibility index (Phi) is 3.45. The lowest BCUT2D eigenvalue weighted by Crippen LogP contribution is -2.29. The number of anilines is 1. The summed E-state index contributed by atoms with van der Waals surface area (Å²) in [6.45, 7) is 4.14. The molecule has 2 aromatic rings. The van der Waals surface area contributed by atoms with Gasteiger partial charge >= 0.3 is 5.97 Å². The van der Waals surface area contributed by atoms with Crippen molar-refractivity contribution in [3.8, 4) is 0 Å². The summed E-state index contributed by atoms with van der Waals surface area (Å²) in [6.07, 6.45) is 5.66. The molecule has 1 heterocycles. The Bertz CT molecular complexity index is 853. The van der Waals surface area contributed by atoms with Crippen LogP contribution < -0.4 is 5.32 Å². The SMILES string of the molecule is Cc1ccc2c(c1)C1C=CCC1C(c1ccc(C(=O)O)cc1C)N2. The molecule has 24 heavy (non-hydrogen) atoms. The molecule has 2 aliphatic rings. The number of aryl methyl sites for hydroxylation is 2. The van der Waals surface area contributed by atoms with Crippen LogP contribution in [0.25, 0.3) is 0 Å². The maximum Gasteiger partial charge on any atom is 0.335 e. The minimum atomic E-state index is -0.873. The first kappa shape index (κ1) is 15.0. The molecule has 0 aromatic heterocycles. The monoisotopic (exact) mass is 319 g/mol. The molecule has 3 atom stereocenters. The van der Waals surface area contributed by atoms with Gasteiger partial charge in [-0.05, 0) is 61.1 Å². The second kappa shape index (κ2) is 5.52. The number of carboxylic acids is 1. The van der Waals surface area contributed by atoms with Crippen molar-refractivity contribution in [1.82, 2.24) is 0 Å². The number of fused-ring (bicyclic) bond motifs is 3. The average molecular weight is 319 g/mol. The molecule has 0 saturated carbocycles. The van der Waals surface area contributed by atoms with E-state index >= 15 is 0 Å². The molecule has 0 spiro atoms. The average Bonchev–Trinajstić information content (AvgIpc) is 3.04. The second-order valence-electron chi connectivity index (χ2n) is 6.94. The molecule has 3 nitrogen and oxygen atoms in total. The molecule has 122 valence electrons. The van der Waals surface area contributed by atoms with Gasteiger partial charge in [0, 0.05) is 11.6 Å². The van der Waals surface area contributed by atoms with Crippen LogP contribution in [0.5, 0.6) is 0 Å². The summed E-state index contributed by atoms with van der Waals surface area (Å²) in [4.78, 5) is 11.2. The first-order chi connectivity index (χ1) is 11.5. The number of hydrogen-bond acceptors (Lipinski definition) is 2. The topological polar surface area (TPSA) is 49.3 Å². The van der Waals surface area contributed by atoms with Gasteiger partial charge in [0.1, 0.15) is 0 Å². The Labute approximate surface area is 142 Å². The van der Waals surface area contributed by atoms with E-state index in [4.69, 9.17) is 0 Å². The number of rotatable bonds is 2. The molecule has 1 aliphatic carbocycles. The van der Waals surface area contributed by atoms with Gasteiger partial charge in [-0.25, -0.2) is 4.79 Å². The van der Waals surface area contributed by atoms with Crippen LogP contribution in [0.4, 0.5) is 5.69 Å². The highest BCUT2D eigenvalue weighted by Crippen LogP contribution is 2.50. The molecule has 1 aliphatic heterocycles. The van der Waals surface area contributed by atoms with Crippen molar-refractivity contribution in [2.24, 2.45) is 5.92 Å². The molecule has 2 N–H and O–H groups in total. The van der Waals surface area contributed by atoms with E-state index in [0.29, 0.717) is 17.4 Å². The van der Waals surface area contributed by atoms with Crippen LogP contribution in [0, 0.1) is 19.8 Å². The number of benzene rings is 2. The van der Waals surface area contributed by atoms with Crippen molar-refractivity contribution >= 4 is 11.7 Å². The Balaban J connectivity index is 1.77. The van der Waals surface area contributed by atoms with Gasteiger partial charge in [0.2, 0.25) is 0 Å². The van der Waals surface area contributed by atoms with E-state index in [-0.39, 0.29) is 6.04 Å². The summed E-state index contributed by atoms with van der Waals surface area (Å²) < 4.78 is 0. The summed E-state index contributed by atoms with van der Waals surface area (Å²) in [7, 11) is 0. The molecule has 0 radical (unpaired) electrons. The van der Waals surface area contributed by atoms with E-state index in [1.54, 1.807) is 12.1 Å². The number of carboxylic acid groups (broad SMARTS) is 1. The van der Waals surface area contributed by atoms with Gasteiger partial charge in [-0.15, -0.1) is 0 Å². The van der Waals surface area contributed by atoms with Gasteiger partial charge in [0.25, 0.3) is 0 Å². The molecule has 3 heteroatoms. The van der Waals surface area contributed by atoms with Crippen LogP contribution in [0.3, 0.4) is 0 Å². The molecule has 0 fully saturated rings. The van der Waals surface area contributed by atoms with Crippen molar-refractivity contribution in [3.05, 3.63) is 76.4 Å². The Morgan fingerprint density at radius 1 is 1.12 bits per heavy atom. The van der Waals surface area contributed by atoms with Gasteiger partial charge in [-0.2, -0.15) is 0 Å². The van der Waals surface area contributed by atoms with E-state index in [1.165, 1.54) is 22.4 Å². The maximum absolute atomic E-state index is 11.2. The molecule has 0 amide bonds.